The molecule has 0 spiro atoms. The second-order valence-corrected chi connectivity index (χ2v) is 3.71. The van der Waals surface area contributed by atoms with E-state index in [4.69, 9.17) is 5.73 Å². The molecule has 74 valence electrons. The zero-order valence-corrected chi connectivity index (χ0v) is 7.77. The number of hydrogen-bond donors (Lipinski definition) is 1. The first-order valence-corrected chi connectivity index (χ1v) is 4.68. The predicted molar refractivity (Wildman–Crippen MR) is 53.1 cm³/mol. The minimum absolute atomic E-state index is 0.157. The van der Waals surface area contributed by atoms with Crippen molar-refractivity contribution in [1.82, 2.24) is 0 Å². The highest BCUT2D eigenvalue weighted by Crippen LogP contribution is 2.24. The summed E-state index contributed by atoms with van der Waals surface area (Å²) < 4.78 is 0. The third-order valence-electron chi connectivity index (χ3n) is 2.67. The van der Waals surface area contributed by atoms with Crippen LogP contribution in [0.2, 0.25) is 0 Å². The molecule has 1 atom stereocenters. The molecule has 4 nitrogen and oxygen atoms in total. The van der Waals surface area contributed by atoms with Gasteiger partial charge >= 0.3 is 0 Å². The van der Waals surface area contributed by atoms with E-state index in [1.54, 1.807) is 12.1 Å². The van der Waals surface area contributed by atoms with E-state index in [1.165, 1.54) is 5.56 Å². The van der Waals surface area contributed by atoms with Crippen LogP contribution in [0.25, 0.3) is 0 Å². The molecule has 0 heterocycles. The van der Waals surface area contributed by atoms with Crippen molar-refractivity contribution < 1.29 is 4.92 Å². The van der Waals surface area contributed by atoms with Gasteiger partial charge in [0.1, 0.15) is 0 Å². The first-order chi connectivity index (χ1) is 6.66. The molecule has 14 heavy (non-hydrogen) atoms. The average molecular weight is 192 g/mol. The number of nitrogens with two attached hydrogens (primary N) is 1. The fraction of sp³-hybridized carbons (Fsp3) is 0.400. The quantitative estimate of drug-likeness (QED) is 0.540. The summed E-state index contributed by atoms with van der Waals surface area (Å²) in [5, 5.41) is 10.5. The number of rotatable bonds is 1. The van der Waals surface area contributed by atoms with Crippen molar-refractivity contribution in [3.05, 3.63) is 39.4 Å². The van der Waals surface area contributed by atoms with Crippen LogP contribution in [-0.4, -0.2) is 11.0 Å². The van der Waals surface area contributed by atoms with Crippen LogP contribution in [0.1, 0.15) is 17.5 Å². The number of nitro benzene ring substituents is 1. The highest BCUT2D eigenvalue weighted by atomic mass is 16.6. The molecule has 0 unspecified atom stereocenters. The second kappa shape index (κ2) is 3.38. The summed E-state index contributed by atoms with van der Waals surface area (Å²) >= 11 is 0. The normalized spacial score (nSPS) is 20.2. The van der Waals surface area contributed by atoms with Gasteiger partial charge in [-0.25, -0.2) is 0 Å². The Balaban J connectivity index is 2.37. The topological polar surface area (TPSA) is 69.2 Å². The molecule has 1 aromatic rings. The van der Waals surface area contributed by atoms with Crippen molar-refractivity contribution in [2.75, 3.05) is 0 Å². The van der Waals surface area contributed by atoms with Crippen molar-refractivity contribution in [3.63, 3.8) is 0 Å². The molecule has 1 aliphatic rings. The lowest BCUT2D eigenvalue weighted by molar-refractivity contribution is -0.384. The molecule has 0 radical (unpaired) electrons. The summed E-state index contributed by atoms with van der Waals surface area (Å²) in [5.74, 6) is 0. The maximum atomic E-state index is 10.5. The highest BCUT2D eigenvalue weighted by molar-refractivity contribution is 5.41. The van der Waals surface area contributed by atoms with Crippen molar-refractivity contribution in [3.8, 4) is 0 Å². The summed E-state index contributed by atoms with van der Waals surface area (Å²) in [6.45, 7) is 0. The van der Waals surface area contributed by atoms with Gasteiger partial charge in [0.25, 0.3) is 5.69 Å². The summed E-state index contributed by atoms with van der Waals surface area (Å²) in [6.07, 6.45) is 2.68. The van der Waals surface area contributed by atoms with Crippen LogP contribution >= 0.6 is 0 Å². The Morgan fingerprint density at radius 2 is 2.21 bits per heavy atom. The number of hydrogen-bond acceptors (Lipinski definition) is 3. The molecule has 1 aromatic carbocycles. The molecule has 1 aliphatic carbocycles. The first kappa shape index (κ1) is 9.15. The van der Waals surface area contributed by atoms with Crippen LogP contribution in [0, 0.1) is 10.1 Å². The van der Waals surface area contributed by atoms with Gasteiger partial charge in [0, 0.05) is 18.2 Å². The molecule has 0 saturated heterocycles. The minimum Gasteiger partial charge on any atom is -0.327 e. The number of non-ortho nitro benzene ring substituents is 1. The maximum Gasteiger partial charge on any atom is 0.269 e. The molecule has 0 amide bonds. The Bertz CT molecular complexity index is 376. The number of benzene rings is 1. The third-order valence-corrected chi connectivity index (χ3v) is 2.67. The van der Waals surface area contributed by atoms with E-state index < -0.39 is 0 Å². The molecule has 0 aliphatic heterocycles. The van der Waals surface area contributed by atoms with E-state index in [0.29, 0.717) is 0 Å². The van der Waals surface area contributed by atoms with E-state index in [0.717, 1.165) is 24.8 Å². The fourth-order valence-electron chi connectivity index (χ4n) is 1.89. The highest BCUT2D eigenvalue weighted by Gasteiger charge is 2.17. The lowest BCUT2D eigenvalue weighted by atomic mass is 9.88. The van der Waals surface area contributed by atoms with E-state index in [2.05, 4.69) is 0 Å². The molecule has 0 saturated carbocycles. The van der Waals surface area contributed by atoms with Gasteiger partial charge in [0.15, 0.2) is 0 Å². The lowest BCUT2D eigenvalue weighted by Crippen LogP contribution is -2.27. The number of aryl methyl sites for hydroxylation is 1. The van der Waals surface area contributed by atoms with Gasteiger partial charge in [0.2, 0.25) is 0 Å². The van der Waals surface area contributed by atoms with Crippen LogP contribution < -0.4 is 5.73 Å². The van der Waals surface area contributed by atoms with E-state index in [1.807, 2.05) is 6.07 Å². The van der Waals surface area contributed by atoms with Crippen LogP contribution in [0.3, 0.4) is 0 Å². The zero-order valence-electron chi connectivity index (χ0n) is 7.77. The molecule has 2 N–H and O–H groups in total. The van der Waals surface area contributed by atoms with E-state index in [-0.39, 0.29) is 16.7 Å². The summed E-state index contributed by atoms with van der Waals surface area (Å²) in [6, 6.07) is 5.22. The molecular weight excluding hydrogens is 180 g/mol. The van der Waals surface area contributed by atoms with Gasteiger partial charge in [-0.2, -0.15) is 0 Å². The number of nitrogens with zero attached hydrogens (tertiary/aromatic N) is 1. The van der Waals surface area contributed by atoms with Gasteiger partial charge in [-0.05, 0) is 30.4 Å². The van der Waals surface area contributed by atoms with Crippen LogP contribution in [0.15, 0.2) is 18.2 Å². The Kier molecular flexibility index (Phi) is 2.21. The van der Waals surface area contributed by atoms with Crippen molar-refractivity contribution >= 4 is 5.69 Å². The van der Waals surface area contributed by atoms with Gasteiger partial charge in [-0.15, -0.1) is 0 Å². The van der Waals surface area contributed by atoms with Gasteiger partial charge in [0.05, 0.1) is 4.92 Å². The average Bonchev–Trinajstić information content (AvgIpc) is 2.16. The molecule has 0 aromatic heterocycles. The summed E-state index contributed by atoms with van der Waals surface area (Å²) in [7, 11) is 0. The molecular formula is C10H12N2O2. The third kappa shape index (κ3) is 1.61. The van der Waals surface area contributed by atoms with Gasteiger partial charge in [-0.1, -0.05) is 6.07 Å². The first-order valence-electron chi connectivity index (χ1n) is 4.68. The standard InChI is InChI=1S/C10H12N2O2/c11-9-3-1-7-2-4-10(12(13)14)6-8(7)5-9/h2,4,6,9H,1,3,5,11H2/t9-/m1/s1. The van der Waals surface area contributed by atoms with Crippen LogP contribution in [-0.2, 0) is 12.8 Å². The van der Waals surface area contributed by atoms with E-state index in [9.17, 15) is 10.1 Å². The second-order valence-electron chi connectivity index (χ2n) is 3.71. The largest absolute Gasteiger partial charge is 0.327 e. The summed E-state index contributed by atoms with van der Waals surface area (Å²) in [5.41, 5.74) is 8.22. The molecule has 4 heteroatoms. The molecule has 0 bridgehead atoms. The van der Waals surface area contributed by atoms with Crippen molar-refractivity contribution in [1.29, 1.82) is 0 Å². The Morgan fingerprint density at radius 3 is 2.93 bits per heavy atom. The Hall–Kier alpha value is -1.42. The monoisotopic (exact) mass is 192 g/mol. The number of fused-ring (bicyclic) bond motifs is 1. The predicted octanol–water partition coefficient (Wildman–Crippen LogP) is 1.41. The smallest absolute Gasteiger partial charge is 0.269 e. The van der Waals surface area contributed by atoms with Crippen molar-refractivity contribution in [2.45, 2.75) is 25.3 Å². The molecule has 2 rings (SSSR count). The SMILES string of the molecule is N[C@@H]1CCc2ccc([N+](=O)[O-])cc2C1. The van der Waals surface area contributed by atoms with Gasteiger partial charge in [-0.3, -0.25) is 10.1 Å². The minimum atomic E-state index is -0.361. The van der Waals surface area contributed by atoms with E-state index >= 15 is 0 Å². The summed E-state index contributed by atoms with van der Waals surface area (Å²) in [4.78, 5) is 10.2. The van der Waals surface area contributed by atoms with Gasteiger partial charge < -0.3 is 5.73 Å². The maximum absolute atomic E-state index is 10.5. The zero-order chi connectivity index (χ0) is 10.1. The van der Waals surface area contributed by atoms with Crippen molar-refractivity contribution in [2.24, 2.45) is 5.73 Å². The number of nitro groups is 1. The van der Waals surface area contributed by atoms with Crippen LogP contribution in [0.4, 0.5) is 5.69 Å². The Labute approximate surface area is 81.9 Å². The lowest BCUT2D eigenvalue weighted by Gasteiger charge is -2.20. The fourth-order valence-corrected chi connectivity index (χ4v) is 1.89. The Morgan fingerprint density at radius 1 is 1.43 bits per heavy atom. The van der Waals surface area contributed by atoms with Crippen LogP contribution in [0.5, 0.6) is 0 Å². The molecule has 0 fully saturated rings.